The molecule has 328 valence electrons. The molecule has 1 heterocycles. The van der Waals surface area contributed by atoms with Crippen molar-refractivity contribution in [3.05, 3.63) is 35.9 Å². The Morgan fingerprint density at radius 3 is 2.10 bits per heavy atom. The number of thioether (sulfide) groups is 1. The lowest BCUT2D eigenvalue weighted by Crippen LogP contribution is -2.60. The van der Waals surface area contributed by atoms with Gasteiger partial charge in [-0.05, 0) is 62.0 Å². The molecule has 0 aliphatic carbocycles. The molecule has 2 rings (SSSR count). The van der Waals surface area contributed by atoms with Crippen LogP contribution < -0.4 is 49.5 Å². The minimum Gasteiger partial charge on any atom is -0.480 e. The van der Waals surface area contributed by atoms with Crippen LogP contribution in [0.4, 0.5) is 0 Å². The van der Waals surface area contributed by atoms with Gasteiger partial charge in [0, 0.05) is 25.9 Å². The molecule has 59 heavy (non-hydrogen) atoms. The standard InChI is InChI=1S/C38H61N11O9S/c1-4-22(2)31(48-33(53)24(14-15-29(40)50)44-30(51)21-39)35(55)45-25(16-19-59-3)32(52)47-27(20-23-10-6-5-7-11-23)36(56)49-18-9-13-28(49)34(54)46-26(37(57)58)12-8-17-43-38(41)42/h5-7,10-11,22,24-28,31H,4,8-9,12-21,39H2,1-3H3,(H2,40,50)(H,44,51)(H,45,55)(H,46,54)(H,47,52)(H,48,53)(H,57,58)(H4,41,42,43)/t22-,24-,25-,26-,27-,28-,31-/m0/s1. The Bertz CT molecular complexity index is 1630. The van der Waals surface area contributed by atoms with E-state index >= 15 is 0 Å². The summed E-state index contributed by atoms with van der Waals surface area (Å²) in [5.41, 5.74) is 22.1. The number of nitrogens with one attached hydrogen (secondary N) is 5. The van der Waals surface area contributed by atoms with E-state index in [1.807, 2.05) is 6.26 Å². The van der Waals surface area contributed by atoms with Crippen LogP contribution in [-0.4, -0.2) is 131 Å². The molecule has 1 aliphatic rings. The Kier molecular flexibility index (Phi) is 21.8. The van der Waals surface area contributed by atoms with Gasteiger partial charge < -0.3 is 59.5 Å². The van der Waals surface area contributed by atoms with Crippen LogP contribution in [-0.2, 0) is 44.8 Å². The maximum absolute atomic E-state index is 14.3. The van der Waals surface area contributed by atoms with E-state index in [9.17, 15) is 43.5 Å². The first-order chi connectivity index (χ1) is 28.0. The second kappa shape index (κ2) is 25.8. The van der Waals surface area contributed by atoms with E-state index in [0.29, 0.717) is 24.2 Å². The molecule has 7 amide bonds. The van der Waals surface area contributed by atoms with Crippen molar-refractivity contribution in [1.82, 2.24) is 31.5 Å². The van der Waals surface area contributed by atoms with E-state index in [0.717, 1.165) is 0 Å². The third kappa shape index (κ3) is 17.1. The third-order valence-corrected chi connectivity index (χ3v) is 10.5. The first-order valence-corrected chi connectivity index (χ1v) is 21.0. The smallest absolute Gasteiger partial charge is 0.326 e. The largest absolute Gasteiger partial charge is 0.480 e. The highest BCUT2D eigenvalue weighted by Crippen LogP contribution is 2.21. The van der Waals surface area contributed by atoms with Gasteiger partial charge in [-0.3, -0.25) is 38.6 Å². The second-order valence-corrected chi connectivity index (χ2v) is 15.3. The van der Waals surface area contributed by atoms with Gasteiger partial charge in [-0.15, -0.1) is 0 Å². The molecule has 0 bridgehead atoms. The number of aliphatic imine (C=N–C) groups is 1. The molecular weight excluding hydrogens is 787 g/mol. The number of carboxylic acid groups (broad SMARTS) is 1. The fourth-order valence-electron chi connectivity index (χ4n) is 6.38. The van der Waals surface area contributed by atoms with Crippen molar-refractivity contribution in [1.29, 1.82) is 0 Å². The number of benzene rings is 1. The minimum atomic E-state index is -1.26. The molecule has 1 saturated heterocycles. The number of guanidine groups is 1. The fourth-order valence-corrected chi connectivity index (χ4v) is 6.86. The average Bonchev–Trinajstić information content (AvgIpc) is 3.70. The predicted molar refractivity (Wildman–Crippen MR) is 222 cm³/mol. The number of likely N-dealkylation sites (tertiary alicyclic amines) is 1. The summed E-state index contributed by atoms with van der Waals surface area (Å²) in [5, 5.41) is 23.0. The minimum absolute atomic E-state index is 0.0365. The summed E-state index contributed by atoms with van der Waals surface area (Å²) in [6, 6.07) is 1.87. The van der Waals surface area contributed by atoms with Crippen molar-refractivity contribution >= 4 is 65.0 Å². The third-order valence-electron chi connectivity index (χ3n) is 9.85. The average molecular weight is 848 g/mol. The van der Waals surface area contributed by atoms with Crippen LogP contribution in [0, 0.1) is 5.92 Å². The maximum atomic E-state index is 14.3. The Labute approximate surface area is 348 Å². The van der Waals surface area contributed by atoms with Gasteiger partial charge >= 0.3 is 5.97 Å². The van der Waals surface area contributed by atoms with Gasteiger partial charge in [-0.25, -0.2) is 4.79 Å². The van der Waals surface area contributed by atoms with Crippen molar-refractivity contribution in [2.75, 3.05) is 31.6 Å². The molecule has 0 aromatic heterocycles. The van der Waals surface area contributed by atoms with Gasteiger partial charge in [0.2, 0.25) is 41.4 Å². The highest BCUT2D eigenvalue weighted by Gasteiger charge is 2.40. The lowest BCUT2D eigenvalue weighted by molar-refractivity contribution is -0.145. The zero-order valence-corrected chi connectivity index (χ0v) is 34.8. The molecule has 1 aliphatic heterocycles. The number of nitrogens with zero attached hydrogens (tertiary/aromatic N) is 2. The number of rotatable bonds is 26. The van der Waals surface area contributed by atoms with Crippen LogP contribution >= 0.6 is 11.8 Å². The molecule has 20 nitrogen and oxygen atoms in total. The van der Waals surface area contributed by atoms with Gasteiger partial charge in [0.15, 0.2) is 5.96 Å². The van der Waals surface area contributed by atoms with Crippen LogP contribution in [0.15, 0.2) is 35.3 Å². The number of carboxylic acids is 1. The van der Waals surface area contributed by atoms with E-state index in [1.54, 1.807) is 44.2 Å². The molecule has 21 heteroatoms. The Balaban J connectivity index is 2.36. The molecule has 0 saturated carbocycles. The van der Waals surface area contributed by atoms with Crippen LogP contribution in [0.25, 0.3) is 0 Å². The normalized spacial score (nSPS) is 16.5. The molecular formula is C38H61N11O9S. The lowest BCUT2D eigenvalue weighted by Gasteiger charge is -2.31. The summed E-state index contributed by atoms with van der Waals surface area (Å²) in [7, 11) is 0. The van der Waals surface area contributed by atoms with Crippen molar-refractivity contribution in [2.24, 2.45) is 33.8 Å². The molecule has 0 spiro atoms. The number of aliphatic carboxylic acids is 1. The van der Waals surface area contributed by atoms with Gasteiger partial charge in [0.05, 0.1) is 6.54 Å². The van der Waals surface area contributed by atoms with Crippen molar-refractivity contribution in [3.8, 4) is 0 Å². The molecule has 1 aromatic carbocycles. The van der Waals surface area contributed by atoms with Crippen molar-refractivity contribution in [2.45, 2.75) is 108 Å². The Morgan fingerprint density at radius 2 is 1.51 bits per heavy atom. The summed E-state index contributed by atoms with van der Waals surface area (Å²) in [4.78, 5) is 110. The SMILES string of the molecule is CC[C@H](C)[C@H](NC(=O)[C@H](CCC(N)=O)NC(=O)CN)C(=O)N[C@@H](CCSC)C(=O)N[C@@H](Cc1ccccc1)C(=O)N1CCC[C@H]1C(=O)N[C@@H](CCCN=C(N)N)C(=O)O. The molecule has 1 aromatic rings. The summed E-state index contributed by atoms with van der Waals surface area (Å²) in [6.45, 7) is 3.44. The zero-order chi connectivity index (χ0) is 44.1. The molecule has 14 N–H and O–H groups in total. The van der Waals surface area contributed by atoms with Crippen LogP contribution in [0.5, 0.6) is 0 Å². The van der Waals surface area contributed by atoms with Crippen LogP contribution in [0.2, 0.25) is 0 Å². The summed E-state index contributed by atoms with van der Waals surface area (Å²) < 4.78 is 0. The predicted octanol–water partition coefficient (Wildman–Crippen LogP) is -2.19. The number of carbonyl (C=O) groups is 8. The van der Waals surface area contributed by atoms with E-state index in [1.165, 1.54) is 16.7 Å². The number of hydrogen-bond acceptors (Lipinski definition) is 11. The molecule has 0 radical (unpaired) electrons. The number of amides is 7. The lowest BCUT2D eigenvalue weighted by atomic mass is 9.96. The zero-order valence-electron chi connectivity index (χ0n) is 33.9. The van der Waals surface area contributed by atoms with Crippen LogP contribution in [0.1, 0.15) is 70.8 Å². The van der Waals surface area contributed by atoms with Gasteiger partial charge in [-0.1, -0.05) is 50.6 Å². The maximum Gasteiger partial charge on any atom is 0.326 e. The monoisotopic (exact) mass is 847 g/mol. The number of hydrogen-bond donors (Lipinski definition) is 10. The number of primary amides is 1. The first kappa shape index (κ1) is 49.7. The van der Waals surface area contributed by atoms with Gasteiger partial charge in [0.25, 0.3) is 0 Å². The topological polar surface area (TPSA) is 337 Å². The quantitative estimate of drug-likeness (QED) is 0.0269. The summed E-state index contributed by atoms with van der Waals surface area (Å²) in [6.07, 6.45) is 3.10. The van der Waals surface area contributed by atoms with Crippen molar-refractivity contribution < 1.29 is 43.5 Å². The first-order valence-electron chi connectivity index (χ1n) is 19.6. The molecule has 7 atom stereocenters. The molecule has 0 unspecified atom stereocenters. The summed E-state index contributed by atoms with van der Waals surface area (Å²) in [5.74, 6) is -6.13. The van der Waals surface area contributed by atoms with Crippen LogP contribution in [0.3, 0.4) is 0 Å². The second-order valence-electron chi connectivity index (χ2n) is 14.3. The number of carbonyl (C=O) groups excluding carboxylic acids is 7. The molecule has 1 fully saturated rings. The Morgan fingerprint density at radius 1 is 0.864 bits per heavy atom. The van der Waals surface area contributed by atoms with E-state index in [4.69, 9.17) is 22.9 Å². The van der Waals surface area contributed by atoms with Gasteiger partial charge in [-0.2, -0.15) is 11.8 Å². The van der Waals surface area contributed by atoms with E-state index in [2.05, 4.69) is 31.6 Å². The van der Waals surface area contributed by atoms with E-state index in [-0.39, 0.29) is 64.0 Å². The van der Waals surface area contributed by atoms with E-state index < -0.39 is 96.0 Å². The Hall–Kier alpha value is -5.44. The number of nitrogens with two attached hydrogens (primary N) is 4. The van der Waals surface area contributed by atoms with Crippen molar-refractivity contribution in [3.63, 3.8) is 0 Å². The van der Waals surface area contributed by atoms with Gasteiger partial charge in [0.1, 0.15) is 36.3 Å². The highest BCUT2D eigenvalue weighted by molar-refractivity contribution is 7.98. The highest BCUT2D eigenvalue weighted by atomic mass is 32.2. The fraction of sp³-hybridized carbons (Fsp3) is 0.605. The summed E-state index contributed by atoms with van der Waals surface area (Å²) >= 11 is 1.42.